The molecule has 2 aliphatic heterocycles. The number of nitrogens with zero attached hydrogens (tertiary/aromatic N) is 2. The topological polar surface area (TPSA) is 97.4 Å². The molecule has 0 amide bonds. The second kappa shape index (κ2) is 7.80. The molecule has 8 nitrogen and oxygen atoms in total. The van der Waals surface area contributed by atoms with Crippen LogP contribution in [0.1, 0.15) is 38.2 Å². The fraction of sp³-hybridized carbons (Fsp3) is 0.292. The summed E-state index contributed by atoms with van der Waals surface area (Å²) in [7, 11) is 1.82. The number of rotatable bonds is 6. The Balaban J connectivity index is 1.39. The Labute approximate surface area is 185 Å². The van der Waals surface area contributed by atoms with Gasteiger partial charge in [-0.15, -0.1) is 0 Å². The molecule has 0 spiro atoms. The quantitative estimate of drug-likeness (QED) is 0.306. The van der Waals surface area contributed by atoms with Gasteiger partial charge in [-0.05, 0) is 51.0 Å². The molecule has 2 aliphatic carbocycles. The molecule has 1 aromatic heterocycles. The van der Waals surface area contributed by atoms with Crippen molar-refractivity contribution in [1.29, 1.82) is 0 Å². The van der Waals surface area contributed by atoms with E-state index in [1.165, 1.54) is 5.57 Å². The van der Waals surface area contributed by atoms with Gasteiger partial charge in [0.05, 0.1) is 23.8 Å². The number of hydrogen-bond acceptors (Lipinski definition) is 7. The molecule has 0 saturated carbocycles. The molecular weight excluding hydrogens is 408 g/mol. The number of ether oxygens (including phenoxy) is 2. The highest BCUT2D eigenvalue weighted by Gasteiger charge is 2.51. The van der Waals surface area contributed by atoms with Crippen LogP contribution in [0.5, 0.6) is 0 Å². The number of ketones is 1. The van der Waals surface area contributed by atoms with Crippen LogP contribution in [0.15, 0.2) is 76.3 Å². The third-order valence-corrected chi connectivity index (χ3v) is 5.95. The molecule has 0 aromatic carbocycles. The average Bonchev–Trinajstić information content (AvgIpc) is 3.13. The van der Waals surface area contributed by atoms with Crippen molar-refractivity contribution in [1.82, 2.24) is 15.4 Å². The van der Waals surface area contributed by atoms with Crippen LogP contribution in [-0.2, 0) is 19.1 Å². The summed E-state index contributed by atoms with van der Waals surface area (Å²) in [5.74, 6) is 0.135. The Kier molecular flexibility index (Phi) is 4.94. The molecule has 32 heavy (non-hydrogen) atoms. The zero-order valence-corrected chi connectivity index (χ0v) is 18.3. The largest absolute Gasteiger partial charge is 0.462 e. The zero-order valence-electron chi connectivity index (χ0n) is 18.3. The summed E-state index contributed by atoms with van der Waals surface area (Å²) in [5, 5.41) is 3.78. The van der Waals surface area contributed by atoms with Crippen LogP contribution in [0, 0.1) is 0 Å². The molecule has 3 heterocycles. The second-order valence-electron chi connectivity index (χ2n) is 8.16. The van der Waals surface area contributed by atoms with Crippen LogP contribution in [0.25, 0.3) is 0 Å². The number of allylic oxidation sites excluding steroid dienone is 7. The number of nitrogens with one attached hydrogen (secondary N) is 1. The summed E-state index contributed by atoms with van der Waals surface area (Å²) in [5.41, 5.74) is 8.42. The van der Waals surface area contributed by atoms with Gasteiger partial charge in [0, 0.05) is 18.8 Å². The van der Waals surface area contributed by atoms with Crippen molar-refractivity contribution in [2.75, 3.05) is 13.7 Å². The first kappa shape index (κ1) is 20.3. The third kappa shape index (κ3) is 3.42. The number of Topliss-reactive ketones (excluding diaryl/α,β-unsaturated/α-hetero) is 1. The van der Waals surface area contributed by atoms with Gasteiger partial charge in [0.1, 0.15) is 5.70 Å². The summed E-state index contributed by atoms with van der Waals surface area (Å²) in [6, 6.07) is 3.95. The SMILES string of the molecule is CCOC(=O)C1=C(NN(C)C2=CCCC(C)=C2)OC(=CC2=C3[NH2+]c4ncccc4C23)C1=O. The Hall–Kier alpha value is -3.65. The molecule has 0 radical (unpaired) electrons. The standard InChI is InChI=1S/C24H24N4O4/c1-4-31-24(30)19-21(29)17(12-16-18-15-9-6-10-25-22(15)26-20(16)18)32-23(19)27-28(3)14-8-5-7-13(2)11-14/h6,8-12,18,27H,4-5,7H2,1-3H3,(H,25,26)/p+1. The fourth-order valence-corrected chi connectivity index (χ4v) is 4.29. The van der Waals surface area contributed by atoms with Crippen molar-refractivity contribution in [2.45, 2.75) is 32.6 Å². The number of esters is 1. The number of nitrogens with two attached hydrogens (primary N) is 1. The highest BCUT2D eigenvalue weighted by molar-refractivity contribution is 6.25. The Morgan fingerprint density at radius 1 is 1.47 bits per heavy atom. The molecule has 5 rings (SSSR count). The monoisotopic (exact) mass is 433 g/mol. The van der Waals surface area contributed by atoms with Gasteiger partial charge in [0.25, 0.3) is 0 Å². The van der Waals surface area contributed by atoms with Crippen LogP contribution in [0.2, 0.25) is 0 Å². The van der Waals surface area contributed by atoms with E-state index >= 15 is 0 Å². The molecule has 8 heteroatoms. The number of quaternary nitrogens is 1. The molecule has 1 atom stereocenters. The summed E-state index contributed by atoms with van der Waals surface area (Å²) < 4.78 is 11.0. The van der Waals surface area contributed by atoms with E-state index in [0.29, 0.717) is 0 Å². The number of carbonyl (C=O) groups is 2. The Morgan fingerprint density at radius 3 is 3.09 bits per heavy atom. The zero-order chi connectivity index (χ0) is 22.4. The lowest BCUT2D eigenvalue weighted by Gasteiger charge is -2.25. The number of fused-ring (bicyclic) bond motifs is 3. The van der Waals surface area contributed by atoms with Gasteiger partial charge in [-0.25, -0.2) is 9.78 Å². The lowest BCUT2D eigenvalue weighted by atomic mass is 10.0. The van der Waals surface area contributed by atoms with Crippen LogP contribution in [-0.4, -0.2) is 35.4 Å². The summed E-state index contributed by atoms with van der Waals surface area (Å²) in [4.78, 5) is 30.0. The highest BCUT2D eigenvalue weighted by Crippen LogP contribution is 2.50. The smallest absolute Gasteiger partial charge is 0.347 e. The van der Waals surface area contributed by atoms with Gasteiger partial charge >= 0.3 is 5.97 Å². The van der Waals surface area contributed by atoms with Gasteiger partial charge in [-0.3, -0.25) is 20.5 Å². The summed E-state index contributed by atoms with van der Waals surface area (Å²) in [6.07, 6.45) is 9.61. The summed E-state index contributed by atoms with van der Waals surface area (Å²) >= 11 is 0. The number of pyridine rings is 1. The predicted molar refractivity (Wildman–Crippen MR) is 115 cm³/mol. The van der Waals surface area contributed by atoms with Gasteiger partial charge in [-0.1, -0.05) is 11.6 Å². The van der Waals surface area contributed by atoms with E-state index in [-0.39, 0.29) is 29.7 Å². The van der Waals surface area contributed by atoms with Gasteiger partial charge in [0.15, 0.2) is 11.3 Å². The molecule has 0 fully saturated rings. The van der Waals surface area contributed by atoms with Crippen LogP contribution < -0.4 is 10.7 Å². The van der Waals surface area contributed by atoms with Crippen molar-refractivity contribution in [3.63, 3.8) is 0 Å². The maximum absolute atomic E-state index is 13.1. The minimum atomic E-state index is -0.698. The van der Waals surface area contributed by atoms with E-state index in [1.807, 2.05) is 24.5 Å². The van der Waals surface area contributed by atoms with E-state index in [2.05, 4.69) is 29.5 Å². The molecule has 1 unspecified atom stereocenters. The normalized spacial score (nSPS) is 22.3. The third-order valence-electron chi connectivity index (χ3n) is 5.95. The number of hydrogen-bond donors (Lipinski definition) is 2. The van der Waals surface area contributed by atoms with Crippen molar-refractivity contribution in [3.05, 3.63) is 81.9 Å². The van der Waals surface area contributed by atoms with Crippen molar-refractivity contribution < 1.29 is 24.4 Å². The van der Waals surface area contributed by atoms with Crippen LogP contribution >= 0.6 is 0 Å². The number of hydrazine groups is 1. The minimum Gasteiger partial charge on any atom is -0.462 e. The van der Waals surface area contributed by atoms with E-state index in [4.69, 9.17) is 9.47 Å². The average molecular weight is 433 g/mol. The van der Waals surface area contributed by atoms with Gasteiger partial charge in [0.2, 0.25) is 17.5 Å². The minimum absolute atomic E-state index is 0.0854. The maximum Gasteiger partial charge on any atom is 0.347 e. The number of carbonyl (C=O) groups excluding carboxylic acids is 2. The number of aromatic nitrogens is 1. The summed E-state index contributed by atoms with van der Waals surface area (Å²) in [6.45, 7) is 3.95. The first-order valence-corrected chi connectivity index (χ1v) is 10.7. The Bertz CT molecular complexity index is 1190. The van der Waals surface area contributed by atoms with Crippen LogP contribution in [0.4, 0.5) is 5.82 Å². The van der Waals surface area contributed by atoms with E-state index in [9.17, 15) is 9.59 Å². The van der Waals surface area contributed by atoms with Gasteiger partial charge in [-0.2, -0.15) is 0 Å². The lowest BCUT2D eigenvalue weighted by molar-refractivity contribution is -0.509. The molecule has 0 bridgehead atoms. The van der Waals surface area contributed by atoms with Crippen molar-refractivity contribution in [2.24, 2.45) is 0 Å². The Morgan fingerprint density at radius 2 is 2.31 bits per heavy atom. The van der Waals surface area contributed by atoms with Crippen molar-refractivity contribution >= 4 is 17.6 Å². The molecular formula is C24H25N4O4+. The molecule has 0 saturated heterocycles. The molecule has 4 aliphatic rings. The predicted octanol–water partition coefficient (Wildman–Crippen LogP) is 1.96. The molecule has 3 N–H and O–H groups in total. The molecule has 1 aromatic rings. The lowest BCUT2D eigenvalue weighted by Crippen LogP contribution is -2.72. The van der Waals surface area contributed by atoms with Gasteiger partial charge < -0.3 is 9.47 Å². The van der Waals surface area contributed by atoms with Crippen molar-refractivity contribution in [3.8, 4) is 0 Å². The first-order chi connectivity index (χ1) is 15.5. The highest BCUT2D eigenvalue weighted by atomic mass is 16.5. The maximum atomic E-state index is 13.1. The van der Waals surface area contributed by atoms with E-state index < -0.39 is 11.8 Å². The number of likely N-dealkylation sites (N-methyl/N-ethyl adjacent to an activating group) is 1. The van der Waals surface area contributed by atoms with E-state index in [0.717, 1.165) is 41.2 Å². The van der Waals surface area contributed by atoms with E-state index in [1.54, 1.807) is 24.2 Å². The first-order valence-electron chi connectivity index (χ1n) is 10.7. The fourth-order valence-electron chi connectivity index (χ4n) is 4.29. The second-order valence-corrected chi connectivity index (χ2v) is 8.16. The molecule has 164 valence electrons. The van der Waals surface area contributed by atoms with Crippen LogP contribution in [0.3, 0.4) is 0 Å².